The quantitative estimate of drug-likeness (QED) is 0.423. The highest BCUT2D eigenvalue weighted by atomic mass is 16.7. The van der Waals surface area contributed by atoms with Gasteiger partial charge in [0.15, 0.2) is 5.60 Å². The third-order valence-corrected chi connectivity index (χ3v) is 1.91. The lowest BCUT2D eigenvalue weighted by atomic mass is 10.1. The number of methoxy groups -OCH3 is 1. The van der Waals surface area contributed by atoms with Gasteiger partial charge in [0.25, 0.3) is 0 Å². The minimum Gasteiger partial charge on any atom is -0.467 e. The molecule has 0 radical (unpaired) electrons. The van der Waals surface area contributed by atoms with E-state index in [-0.39, 0.29) is 12.1 Å². The van der Waals surface area contributed by atoms with E-state index in [0.717, 1.165) is 6.42 Å². The van der Waals surface area contributed by atoms with Gasteiger partial charge in [0.1, 0.15) is 0 Å². The van der Waals surface area contributed by atoms with Gasteiger partial charge in [0.05, 0.1) is 13.2 Å². The number of carbonyl (C=O) groups is 1. The van der Waals surface area contributed by atoms with Crippen LogP contribution in [0.4, 0.5) is 0 Å². The fraction of sp³-hybridized carbons (Fsp3) is 0.857. The fourth-order valence-electron chi connectivity index (χ4n) is 1.12. The first-order valence-electron chi connectivity index (χ1n) is 3.41. The van der Waals surface area contributed by atoms with E-state index < -0.39 is 5.60 Å². The average molecular weight is 144 g/mol. The van der Waals surface area contributed by atoms with Gasteiger partial charge in [-0.2, -0.15) is 0 Å². The lowest BCUT2D eigenvalue weighted by molar-refractivity contribution is -0.146. The van der Waals surface area contributed by atoms with Crippen LogP contribution >= 0.6 is 0 Å². The van der Waals surface area contributed by atoms with Gasteiger partial charge in [-0.15, -0.1) is 0 Å². The molecule has 1 aliphatic heterocycles. The first-order valence-corrected chi connectivity index (χ1v) is 3.41. The normalized spacial score (nSPS) is 37.3. The summed E-state index contributed by atoms with van der Waals surface area (Å²) in [5.41, 5.74) is -0.635. The molecule has 0 unspecified atom stereocenters. The van der Waals surface area contributed by atoms with Gasteiger partial charge in [-0.05, 0) is 13.3 Å². The number of rotatable bonds is 2. The second-order valence-corrected chi connectivity index (χ2v) is 2.61. The highest BCUT2D eigenvalue weighted by molar-refractivity contribution is 5.82. The first-order chi connectivity index (χ1) is 4.65. The average Bonchev–Trinajstić information content (AvgIpc) is 2.61. The van der Waals surface area contributed by atoms with E-state index in [1.54, 1.807) is 6.92 Å². The van der Waals surface area contributed by atoms with Gasteiger partial charge in [0, 0.05) is 0 Å². The number of esters is 1. The summed E-state index contributed by atoms with van der Waals surface area (Å²) in [6.07, 6.45) is 0.936. The summed E-state index contributed by atoms with van der Waals surface area (Å²) in [5, 5.41) is 0. The Bertz CT molecular complexity index is 155. The van der Waals surface area contributed by atoms with Crippen LogP contribution in [0.25, 0.3) is 0 Å². The van der Waals surface area contributed by atoms with Gasteiger partial charge < -0.3 is 9.47 Å². The Kier molecular flexibility index (Phi) is 1.68. The maximum absolute atomic E-state index is 10.9. The van der Waals surface area contributed by atoms with E-state index >= 15 is 0 Å². The topological polar surface area (TPSA) is 38.8 Å². The zero-order valence-corrected chi connectivity index (χ0v) is 6.51. The molecule has 0 N–H and O–H groups in total. The second kappa shape index (κ2) is 2.23. The number of hydrogen-bond donors (Lipinski definition) is 0. The van der Waals surface area contributed by atoms with Gasteiger partial charge in [-0.25, -0.2) is 4.79 Å². The highest BCUT2D eigenvalue weighted by Crippen LogP contribution is 2.38. The number of carbonyl (C=O) groups excluding carboxylic acids is 1. The van der Waals surface area contributed by atoms with Crippen LogP contribution in [0.5, 0.6) is 0 Å². The lowest BCUT2D eigenvalue weighted by Crippen LogP contribution is -2.24. The van der Waals surface area contributed by atoms with Crippen molar-refractivity contribution in [3.05, 3.63) is 0 Å². The molecule has 2 atom stereocenters. The molecule has 1 saturated heterocycles. The largest absolute Gasteiger partial charge is 0.467 e. The molecule has 0 aromatic rings. The van der Waals surface area contributed by atoms with Crippen LogP contribution in [0.3, 0.4) is 0 Å². The van der Waals surface area contributed by atoms with Crippen LogP contribution in [0.15, 0.2) is 0 Å². The maximum atomic E-state index is 10.9. The highest BCUT2D eigenvalue weighted by Gasteiger charge is 2.58. The molecule has 0 aliphatic carbocycles. The van der Waals surface area contributed by atoms with Crippen LogP contribution in [0.1, 0.15) is 20.3 Å². The second-order valence-electron chi connectivity index (χ2n) is 2.61. The van der Waals surface area contributed by atoms with Gasteiger partial charge in [0.2, 0.25) is 0 Å². The van der Waals surface area contributed by atoms with Crippen molar-refractivity contribution in [2.24, 2.45) is 0 Å². The Morgan fingerprint density at radius 2 is 2.40 bits per heavy atom. The Balaban J connectivity index is 2.50. The predicted octanol–water partition coefficient (Wildman–Crippen LogP) is 0.727. The molecule has 3 nitrogen and oxygen atoms in total. The van der Waals surface area contributed by atoms with Crippen LogP contribution in [0, 0.1) is 0 Å². The molecule has 10 heavy (non-hydrogen) atoms. The Hall–Kier alpha value is -0.570. The molecule has 1 fully saturated rings. The molecule has 0 aromatic carbocycles. The summed E-state index contributed by atoms with van der Waals surface area (Å²) >= 11 is 0. The summed E-state index contributed by atoms with van der Waals surface area (Å²) in [4.78, 5) is 10.9. The molecular formula is C7H12O3. The molecule has 3 heteroatoms. The van der Waals surface area contributed by atoms with Crippen LogP contribution in [0.2, 0.25) is 0 Å². The summed E-state index contributed by atoms with van der Waals surface area (Å²) < 4.78 is 9.68. The van der Waals surface area contributed by atoms with Crippen LogP contribution in [-0.4, -0.2) is 24.8 Å². The Labute approximate surface area is 60.3 Å². The molecule has 1 rings (SSSR count). The van der Waals surface area contributed by atoms with E-state index in [2.05, 4.69) is 4.74 Å². The Morgan fingerprint density at radius 1 is 1.80 bits per heavy atom. The van der Waals surface area contributed by atoms with Crippen molar-refractivity contribution >= 4 is 5.97 Å². The van der Waals surface area contributed by atoms with E-state index in [1.165, 1.54) is 7.11 Å². The number of hydrogen-bond acceptors (Lipinski definition) is 3. The molecule has 0 bridgehead atoms. The zero-order chi connectivity index (χ0) is 7.78. The van der Waals surface area contributed by atoms with Gasteiger partial charge >= 0.3 is 5.97 Å². The third kappa shape index (κ3) is 0.904. The summed E-state index contributed by atoms with van der Waals surface area (Å²) in [6, 6.07) is 0. The predicted molar refractivity (Wildman–Crippen MR) is 35.6 cm³/mol. The molecule has 58 valence electrons. The summed E-state index contributed by atoms with van der Waals surface area (Å²) in [7, 11) is 1.38. The van der Waals surface area contributed by atoms with E-state index in [1.807, 2.05) is 6.92 Å². The van der Waals surface area contributed by atoms with Crippen LogP contribution in [-0.2, 0) is 14.3 Å². The SMILES string of the molecule is CC[C@@H]1O[C@@]1(C)C(=O)OC. The van der Waals surface area contributed by atoms with Crippen molar-refractivity contribution in [2.45, 2.75) is 32.0 Å². The first kappa shape index (κ1) is 7.54. The van der Waals surface area contributed by atoms with Gasteiger partial charge in [-0.1, -0.05) is 6.92 Å². The molecule has 1 aliphatic rings. The van der Waals surface area contributed by atoms with Crippen molar-refractivity contribution in [1.29, 1.82) is 0 Å². The molecule has 0 aromatic heterocycles. The van der Waals surface area contributed by atoms with Crippen molar-refractivity contribution < 1.29 is 14.3 Å². The van der Waals surface area contributed by atoms with Crippen molar-refractivity contribution in [3.63, 3.8) is 0 Å². The molecule has 0 spiro atoms. The number of ether oxygens (including phenoxy) is 2. The number of epoxide rings is 1. The molecule has 0 saturated carbocycles. The standard InChI is InChI=1S/C7H12O3/c1-4-5-7(2,10-5)6(8)9-3/h5H,4H2,1-3H3/t5-,7+/m0/s1. The monoisotopic (exact) mass is 144 g/mol. The maximum Gasteiger partial charge on any atom is 0.340 e. The van der Waals surface area contributed by atoms with E-state index in [9.17, 15) is 4.79 Å². The van der Waals surface area contributed by atoms with E-state index in [4.69, 9.17) is 4.74 Å². The zero-order valence-electron chi connectivity index (χ0n) is 6.51. The minimum absolute atomic E-state index is 0.0694. The van der Waals surface area contributed by atoms with Crippen molar-refractivity contribution in [3.8, 4) is 0 Å². The summed E-state index contributed by atoms with van der Waals surface area (Å²) in [6.45, 7) is 3.74. The van der Waals surface area contributed by atoms with Crippen molar-refractivity contribution in [2.75, 3.05) is 7.11 Å². The fourth-order valence-corrected chi connectivity index (χ4v) is 1.12. The van der Waals surface area contributed by atoms with Gasteiger partial charge in [-0.3, -0.25) is 0 Å². The van der Waals surface area contributed by atoms with Crippen LogP contribution < -0.4 is 0 Å². The van der Waals surface area contributed by atoms with Crippen molar-refractivity contribution in [1.82, 2.24) is 0 Å². The third-order valence-electron chi connectivity index (χ3n) is 1.91. The Morgan fingerprint density at radius 3 is 2.70 bits per heavy atom. The van der Waals surface area contributed by atoms with E-state index in [0.29, 0.717) is 0 Å². The smallest absolute Gasteiger partial charge is 0.340 e. The molecular weight excluding hydrogens is 132 g/mol. The summed E-state index contributed by atoms with van der Waals surface area (Å²) in [5.74, 6) is -0.264. The molecule has 1 heterocycles. The minimum atomic E-state index is -0.635. The lowest BCUT2D eigenvalue weighted by Gasteiger charge is -2.00. The molecule has 0 amide bonds.